The third-order valence-corrected chi connectivity index (χ3v) is 6.22. The second kappa shape index (κ2) is 9.90. The van der Waals surface area contributed by atoms with Gasteiger partial charge in [0, 0.05) is 40.9 Å². The van der Waals surface area contributed by atoms with Crippen LogP contribution in [0.3, 0.4) is 0 Å². The highest BCUT2D eigenvalue weighted by Crippen LogP contribution is 2.48. The van der Waals surface area contributed by atoms with Gasteiger partial charge in [0.05, 0.1) is 12.2 Å². The molecule has 4 rings (SSSR count). The topological polar surface area (TPSA) is 72.5 Å². The van der Waals surface area contributed by atoms with Gasteiger partial charge in [0.15, 0.2) is 11.6 Å². The first-order valence-corrected chi connectivity index (χ1v) is 11.4. The van der Waals surface area contributed by atoms with Crippen LogP contribution < -0.4 is 5.32 Å². The Morgan fingerprint density at radius 3 is 2.43 bits per heavy atom. The molecule has 35 heavy (non-hydrogen) atoms. The van der Waals surface area contributed by atoms with Crippen molar-refractivity contribution in [2.45, 2.75) is 38.3 Å². The van der Waals surface area contributed by atoms with E-state index in [4.69, 9.17) is 4.74 Å². The van der Waals surface area contributed by atoms with E-state index in [1.54, 1.807) is 37.3 Å². The maximum atomic E-state index is 14.0. The Kier molecular flexibility index (Phi) is 6.91. The van der Waals surface area contributed by atoms with E-state index >= 15 is 0 Å². The molecule has 0 amide bonds. The van der Waals surface area contributed by atoms with Gasteiger partial charge in [0.25, 0.3) is 0 Å². The number of rotatable bonds is 5. The summed E-state index contributed by atoms with van der Waals surface area (Å²) >= 11 is 0. The average Bonchev–Trinajstić information content (AvgIpc) is 2.83. The number of ether oxygens (including phenoxy) is 1. The first kappa shape index (κ1) is 24.4. The fourth-order valence-corrected chi connectivity index (χ4v) is 4.76. The fourth-order valence-electron chi connectivity index (χ4n) is 4.76. The predicted octanol–water partition coefficient (Wildman–Crippen LogP) is 5.35. The molecular formula is C27H24F3NO4. The number of hydrogen-bond acceptors (Lipinski definition) is 5. The molecule has 0 saturated heterocycles. The van der Waals surface area contributed by atoms with Crippen LogP contribution in [-0.4, -0.2) is 24.1 Å². The minimum atomic E-state index is -4.71. The summed E-state index contributed by atoms with van der Waals surface area (Å²) in [6, 6.07) is 13.3. The molecule has 0 bridgehead atoms. The number of esters is 1. The zero-order valence-electron chi connectivity index (χ0n) is 19.0. The van der Waals surface area contributed by atoms with E-state index in [0.717, 1.165) is 6.07 Å². The number of halogens is 3. The maximum Gasteiger partial charge on any atom is 0.416 e. The van der Waals surface area contributed by atoms with Crippen LogP contribution in [0.15, 0.2) is 77.6 Å². The Labute approximate surface area is 200 Å². The molecule has 1 heterocycles. The molecule has 1 N–H and O–H groups in total. The Morgan fingerprint density at radius 2 is 1.74 bits per heavy atom. The van der Waals surface area contributed by atoms with Gasteiger partial charge in [-0.15, -0.1) is 0 Å². The smallest absolute Gasteiger partial charge is 0.416 e. The van der Waals surface area contributed by atoms with Crippen LogP contribution in [0.25, 0.3) is 0 Å². The van der Waals surface area contributed by atoms with Gasteiger partial charge in [-0.05, 0) is 31.4 Å². The number of carbonyl (C=O) groups is 3. The van der Waals surface area contributed by atoms with Crippen molar-refractivity contribution in [2.24, 2.45) is 5.92 Å². The number of benzene rings is 2. The molecule has 0 saturated carbocycles. The minimum absolute atomic E-state index is 0.0112. The van der Waals surface area contributed by atoms with E-state index in [-0.39, 0.29) is 35.6 Å². The summed E-state index contributed by atoms with van der Waals surface area (Å²) in [6.45, 7) is 1.57. The summed E-state index contributed by atoms with van der Waals surface area (Å²) in [5, 5.41) is 3.05. The number of hydrogen-bond donors (Lipinski definition) is 1. The lowest BCUT2D eigenvalue weighted by molar-refractivity contribution is -0.148. The summed E-state index contributed by atoms with van der Waals surface area (Å²) in [5.74, 6) is -4.11. The first-order valence-electron chi connectivity index (χ1n) is 11.4. The van der Waals surface area contributed by atoms with E-state index in [9.17, 15) is 27.6 Å². The lowest BCUT2D eigenvalue weighted by Crippen LogP contribution is -2.42. The minimum Gasteiger partial charge on any atom is -0.465 e. The van der Waals surface area contributed by atoms with Gasteiger partial charge < -0.3 is 10.1 Å². The van der Waals surface area contributed by atoms with Gasteiger partial charge in [-0.2, -0.15) is 13.2 Å². The van der Waals surface area contributed by atoms with Crippen molar-refractivity contribution in [2.75, 3.05) is 6.61 Å². The SMILES string of the molecule is CCOC(=O)[C@@H]1C(=CC(=O)c2ccccc2)NC2=C(C(=O)CCC2)[C@H]1c1ccccc1C(F)(F)F. The highest BCUT2D eigenvalue weighted by molar-refractivity contribution is 6.06. The third kappa shape index (κ3) is 4.92. The molecule has 0 spiro atoms. The molecule has 5 nitrogen and oxygen atoms in total. The van der Waals surface area contributed by atoms with E-state index in [1.165, 1.54) is 24.3 Å². The molecule has 0 unspecified atom stereocenters. The first-order chi connectivity index (χ1) is 16.7. The highest BCUT2D eigenvalue weighted by Gasteiger charge is 2.47. The number of allylic oxidation sites excluding steroid dienone is 3. The third-order valence-electron chi connectivity index (χ3n) is 6.22. The second-order valence-electron chi connectivity index (χ2n) is 8.42. The average molecular weight is 483 g/mol. The normalized spacial score (nSPS) is 21.4. The lowest BCUT2D eigenvalue weighted by atomic mass is 9.70. The summed E-state index contributed by atoms with van der Waals surface area (Å²) in [5.41, 5.74) is -0.0596. The Morgan fingerprint density at radius 1 is 1.06 bits per heavy atom. The quantitative estimate of drug-likeness (QED) is 0.353. The van der Waals surface area contributed by atoms with Crippen molar-refractivity contribution < 1.29 is 32.3 Å². The molecule has 2 atom stereocenters. The van der Waals surface area contributed by atoms with Crippen LogP contribution in [0.4, 0.5) is 13.2 Å². The van der Waals surface area contributed by atoms with Crippen molar-refractivity contribution in [3.63, 3.8) is 0 Å². The van der Waals surface area contributed by atoms with Gasteiger partial charge in [0.2, 0.25) is 0 Å². The van der Waals surface area contributed by atoms with Gasteiger partial charge in [-0.25, -0.2) is 0 Å². The summed E-state index contributed by atoms with van der Waals surface area (Å²) in [6.07, 6.45) is -2.38. The Bertz CT molecular complexity index is 1210. The standard InChI is InChI=1S/C27H24F3NO4/c1-2-35-26(34)25-20(15-22(33)16-9-4-3-5-10-16)31-19-13-8-14-21(32)24(19)23(25)17-11-6-7-12-18(17)27(28,29)30/h3-7,9-12,15,23,25,31H,2,8,13-14H2,1H3/t23-,25-/m1/s1. The van der Waals surface area contributed by atoms with Crippen LogP contribution >= 0.6 is 0 Å². The Balaban J connectivity index is 1.95. The van der Waals surface area contributed by atoms with Crippen LogP contribution in [0.2, 0.25) is 0 Å². The van der Waals surface area contributed by atoms with E-state index < -0.39 is 35.3 Å². The number of ketones is 2. The molecule has 1 aliphatic carbocycles. The van der Waals surface area contributed by atoms with E-state index in [2.05, 4.69) is 5.32 Å². The molecule has 8 heteroatoms. The van der Waals surface area contributed by atoms with E-state index in [1.807, 2.05) is 0 Å². The molecule has 2 aromatic carbocycles. The lowest BCUT2D eigenvalue weighted by Gasteiger charge is -2.39. The summed E-state index contributed by atoms with van der Waals surface area (Å²) < 4.78 is 47.3. The zero-order chi connectivity index (χ0) is 25.2. The Hall–Kier alpha value is -3.68. The molecule has 182 valence electrons. The summed E-state index contributed by atoms with van der Waals surface area (Å²) in [7, 11) is 0. The van der Waals surface area contributed by atoms with Crippen molar-refractivity contribution >= 4 is 17.5 Å². The molecule has 0 aromatic heterocycles. The van der Waals surface area contributed by atoms with Crippen LogP contribution in [0.5, 0.6) is 0 Å². The van der Waals surface area contributed by atoms with Crippen molar-refractivity contribution in [3.8, 4) is 0 Å². The van der Waals surface area contributed by atoms with Gasteiger partial charge in [0.1, 0.15) is 5.92 Å². The highest BCUT2D eigenvalue weighted by atomic mass is 19.4. The molecule has 0 radical (unpaired) electrons. The molecule has 2 aromatic rings. The zero-order valence-corrected chi connectivity index (χ0v) is 19.0. The molecule has 1 aliphatic heterocycles. The van der Waals surface area contributed by atoms with Crippen LogP contribution in [0.1, 0.15) is 53.6 Å². The number of alkyl halides is 3. The monoisotopic (exact) mass is 483 g/mol. The van der Waals surface area contributed by atoms with Gasteiger partial charge >= 0.3 is 12.1 Å². The molecule has 2 aliphatic rings. The van der Waals surface area contributed by atoms with Crippen molar-refractivity contribution in [1.29, 1.82) is 0 Å². The van der Waals surface area contributed by atoms with Crippen molar-refractivity contribution in [3.05, 3.63) is 94.3 Å². The second-order valence-corrected chi connectivity index (χ2v) is 8.42. The van der Waals surface area contributed by atoms with E-state index in [0.29, 0.717) is 24.1 Å². The summed E-state index contributed by atoms with van der Waals surface area (Å²) in [4.78, 5) is 39.3. The molecule has 0 fully saturated rings. The van der Waals surface area contributed by atoms with Gasteiger partial charge in [-0.1, -0.05) is 48.5 Å². The molecular weight excluding hydrogens is 459 g/mol. The van der Waals surface area contributed by atoms with Crippen molar-refractivity contribution in [1.82, 2.24) is 5.32 Å². The number of carbonyl (C=O) groups excluding carboxylic acids is 3. The number of nitrogens with one attached hydrogen (secondary N) is 1. The fraction of sp³-hybridized carbons (Fsp3) is 0.296. The largest absolute Gasteiger partial charge is 0.465 e. The number of Topliss-reactive ketones (excluding diaryl/α,β-unsaturated/α-hetero) is 1. The maximum absolute atomic E-state index is 14.0. The van der Waals surface area contributed by atoms with Crippen LogP contribution in [-0.2, 0) is 20.5 Å². The van der Waals surface area contributed by atoms with Crippen LogP contribution in [0, 0.1) is 5.92 Å². The predicted molar refractivity (Wildman–Crippen MR) is 122 cm³/mol. The van der Waals surface area contributed by atoms with Gasteiger partial charge in [-0.3, -0.25) is 14.4 Å².